The number of hydrogen-bond donors (Lipinski definition) is 0. The van der Waals surface area contributed by atoms with Crippen molar-refractivity contribution in [2.45, 2.75) is 0 Å². The van der Waals surface area contributed by atoms with Crippen LogP contribution >= 0.6 is 31.9 Å². The maximum atomic E-state index is 4.50. The van der Waals surface area contributed by atoms with E-state index in [1.54, 1.807) is 12.4 Å². The van der Waals surface area contributed by atoms with Gasteiger partial charge in [-0.3, -0.25) is 0 Å². The molecular weight excluding hydrogens is 989 g/mol. The first kappa shape index (κ1) is 43.3. The Kier molecular flexibility index (Phi) is 11.2. The van der Waals surface area contributed by atoms with Gasteiger partial charge in [0.1, 0.15) is 0 Å². The molecule has 9 aromatic carbocycles. The molecule has 0 aliphatic heterocycles. The standard InChI is InChI=1S/C62H42Br2N6/c1-67-39-69(60-22-11-9-20-58(60)67)46-28-30-54(56(63)37-46)52-18-7-5-16-50(52)44-34-43(49-15-4-3-14-48(49)41-24-26-42(27-25-41)62-65-32-13-33-66-62)35-45(36-44)51-17-6-8-19-53(51)55-31-29-47(38-57(55)64)70-40-68(2)59-21-10-12-23-61(59)70/h3-38H,1-2H3. The second kappa shape index (κ2) is 18.1. The molecule has 0 fully saturated rings. The number of nitrogens with zero attached hydrogens (tertiary/aromatic N) is 6. The van der Waals surface area contributed by atoms with Crippen LogP contribution in [0.5, 0.6) is 0 Å². The van der Waals surface area contributed by atoms with Crippen LogP contribution < -0.4 is 9.13 Å². The lowest BCUT2D eigenvalue weighted by molar-refractivity contribution is -0.649. The molecule has 0 unspecified atom stereocenters. The number of hydrogen-bond acceptors (Lipinski definition) is 2. The summed E-state index contributed by atoms with van der Waals surface area (Å²) in [5.74, 6) is 0.704. The average Bonchev–Trinajstić information content (AvgIpc) is 3.94. The van der Waals surface area contributed by atoms with Crippen molar-refractivity contribution in [2.24, 2.45) is 14.1 Å². The topological polar surface area (TPSA) is 43.4 Å². The summed E-state index contributed by atoms with van der Waals surface area (Å²) < 4.78 is 10.3. The first-order valence-corrected chi connectivity index (χ1v) is 24.6. The summed E-state index contributed by atoms with van der Waals surface area (Å²) in [7, 11) is 4.07. The molecule has 0 aliphatic carbocycles. The molecule has 12 rings (SSSR count). The van der Waals surface area contributed by atoms with Crippen molar-refractivity contribution in [3.63, 3.8) is 0 Å². The number of rotatable bonds is 9. The van der Waals surface area contributed by atoms with E-state index >= 15 is 0 Å². The van der Waals surface area contributed by atoms with Crippen LogP contribution in [-0.4, -0.2) is 19.1 Å². The molecule has 6 nitrogen and oxygen atoms in total. The zero-order chi connectivity index (χ0) is 47.3. The molecular formula is C62H42Br2N6. The summed E-state index contributed by atoms with van der Waals surface area (Å²) in [6, 6.07) is 73.6. The molecule has 0 saturated carbocycles. The Morgan fingerprint density at radius 3 is 1.17 bits per heavy atom. The van der Waals surface area contributed by atoms with Gasteiger partial charge in [0.05, 0.1) is 47.5 Å². The number of aryl methyl sites for hydroxylation is 2. The molecule has 334 valence electrons. The van der Waals surface area contributed by atoms with Gasteiger partial charge in [-0.25, -0.2) is 9.97 Å². The number of aromatic nitrogens is 6. The average molecular weight is 1030 g/mol. The van der Waals surface area contributed by atoms with Gasteiger partial charge in [0, 0.05) is 26.9 Å². The third-order valence-corrected chi connectivity index (χ3v) is 14.4. The third-order valence-electron chi connectivity index (χ3n) is 13.1. The molecule has 0 spiro atoms. The lowest BCUT2D eigenvalue weighted by Gasteiger charge is -2.19. The highest BCUT2D eigenvalue weighted by Gasteiger charge is 2.19. The van der Waals surface area contributed by atoms with E-state index in [1.165, 1.54) is 0 Å². The quantitative estimate of drug-likeness (QED) is 0.107. The van der Waals surface area contributed by atoms with E-state index in [0.717, 1.165) is 115 Å². The zero-order valence-electron chi connectivity index (χ0n) is 38.2. The number of halogens is 2. The number of para-hydroxylation sites is 4. The van der Waals surface area contributed by atoms with E-state index in [4.69, 9.17) is 0 Å². The van der Waals surface area contributed by atoms with Crippen LogP contribution in [-0.2, 0) is 14.1 Å². The Morgan fingerprint density at radius 2 is 0.729 bits per heavy atom. The molecule has 0 amide bonds. The third kappa shape index (κ3) is 7.85. The van der Waals surface area contributed by atoms with Crippen LogP contribution in [0.15, 0.2) is 228 Å². The Labute approximate surface area is 423 Å². The molecule has 0 radical (unpaired) electrons. The summed E-state index contributed by atoms with van der Waals surface area (Å²) in [6.07, 6.45) is 10.6. The minimum Gasteiger partial charge on any atom is -0.319 e. The predicted octanol–water partition coefficient (Wildman–Crippen LogP) is 14.8. The smallest absolute Gasteiger partial charge is 0.244 e. The molecule has 8 heteroatoms. The molecule has 12 aromatic rings. The first-order chi connectivity index (χ1) is 34.4. The van der Waals surface area contributed by atoms with Gasteiger partial charge in [-0.15, -0.1) is 0 Å². The van der Waals surface area contributed by atoms with E-state index in [1.807, 2.05) is 29.3 Å². The Morgan fingerprint density at radius 1 is 0.357 bits per heavy atom. The van der Waals surface area contributed by atoms with Crippen molar-refractivity contribution in [3.8, 4) is 89.5 Å². The fourth-order valence-electron chi connectivity index (χ4n) is 9.77. The SMILES string of the molecule is C[n+]1[c-]n(-c2ccc(-c3ccccc3-c3cc(-c4ccccc4-c4ccc(-c5ncccn5)cc4)cc(-c4ccccc4-c4ccc(-n5[c-][n+](C)c6ccccc65)cc4Br)c3)c(Br)c2)c2ccccc21. The normalized spacial score (nSPS) is 11.4. The molecule has 0 N–H and O–H groups in total. The zero-order valence-corrected chi connectivity index (χ0v) is 41.4. The first-order valence-electron chi connectivity index (χ1n) is 23.1. The van der Waals surface area contributed by atoms with Gasteiger partial charge in [0.2, 0.25) is 12.7 Å². The molecule has 70 heavy (non-hydrogen) atoms. The summed E-state index contributed by atoms with van der Waals surface area (Å²) in [5, 5.41) is 0. The van der Waals surface area contributed by atoms with Gasteiger partial charge in [-0.05, 0) is 103 Å². The molecule has 0 bridgehead atoms. The highest BCUT2D eigenvalue weighted by atomic mass is 79.9. The minimum atomic E-state index is 0.704. The van der Waals surface area contributed by atoms with Crippen LogP contribution in [0.25, 0.3) is 112 Å². The van der Waals surface area contributed by atoms with Gasteiger partial charge in [-0.1, -0.05) is 202 Å². The van der Waals surface area contributed by atoms with Crippen LogP contribution in [0.1, 0.15) is 0 Å². The Hall–Kier alpha value is -8.04. The van der Waals surface area contributed by atoms with Crippen LogP contribution in [0.3, 0.4) is 0 Å². The fraction of sp³-hybridized carbons (Fsp3) is 0.0323. The monoisotopic (exact) mass is 1030 g/mol. The summed E-state index contributed by atoms with van der Waals surface area (Å²) in [4.78, 5) is 9.00. The summed E-state index contributed by atoms with van der Waals surface area (Å²) >= 11 is 8.08. The number of fused-ring (bicyclic) bond motifs is 2. The van der Waals surface area contributed by atoms with Crippen molar-refractivity contribution in [2.75, 3.05) is 0 Å². The van der Waals surface area contributed by atoms with Crippen LogP contribution in [0.2, 0.25) is 0 Å². The van der Waals surface area contributed by atoms with E-state index in [2.05, 4.69) is 264 Å². The predicted molar refractivity (Wildman–Crippen MR) is 289 cm³/mol. The largest absolute Gasteiger partial charge is 0.319 e. The molecule has 0 saturated heterocycles. The molecule has 0 atom stereocenters. The van der Waals surface area contributed by atoms with Gasteiger partial charge >= 0.3 is 0 Å². The molecule has 3 aromatic heterocycles. The van der Waals surface area contributed by atoms with Crippen molar-refractivity contribution in [3.05, 3.63) is 240 Å². The number of benzene rings is 9. The van der Waals surface area contributed by atoms with Crippen molar-refractivity contribution in [1.82, 2.24) is 19.1 Å². The molecule has 0 aliphatic rings. The lowest BCUT2D eigenvalue weighted by atomic mass is 9.86. The summed E-state index contributed by atoms with van der Waals surface area (Å²) in [5.41, 5.74) is 20.8. The van der Waals surface area contributed by atoms with Crippen molar-refractivity contribution < 1.29 is 9.13 Å². The lowest BCUT2D eigenvalue weighted by Crippen LogP contribution is -2.26. The summed E-state index contributed by atoms with van der Waals surface area (Å²) in [6.45, 7) is 0. The van der Waals surface area contributed by atoms with Crippen LogP contribution in [0.4, 0.5) is 0 Å². The van der Waals surface area contributed by atoms with Crippen molar-refractivity contribution >= 4 is 53.9 Å². The van der Waals surface area contributed by atoms with Crippen molar-refractivity contribution in [1.29, 1.82) is 0 Å². The van der Waals surface area contributed by atoms with Gasteiger partial charge in [-0.2, -0.15) is 0 Å². The minimum absolute atomic E-state index is 0.704. The Bertz CT molecular complexity index is 3760. The van der Waals surface area contributed by atoms with E-state index < -0.39 is 0 Å². The second-order valence-corrected chi connectivity index (χ2v) is 19.1. The van der Waals surface area contributed by atoms with E-state index in [0.29, 0.717) is 5.82 Å². The fourth-order valence-corrected chi connectivity index (χ4v) is 10.9. The van der Waals surface area contributed by atoms with E-state index in [9.17, 15) is 0 Å². The van der Waals surface area contributed by atoms with Gasteiger partial charge in [0.25, 0.3) is 0 Å². The van der Waals surface area contributed by atoms with Gasteiger partial charge in [0.15, 0.2) is 5.82 Å². The highest BCUT2D eigenvalue weighted by molar-refractivity contribution is 9.11. The van der Waals surface area contributed by atoms with E-state index in [-0.39, 0.29) is 0 Å². The van der Waals surface area contributed by atoms with Gasteiger partial charge < -0.3 is 18.3 Å². The maximum absolute atomic E-state index is 4.50. The maximum Gasteiger partial charge on any atom is 0.244 e. The Balaban J connectivity index is 1.01. The number of imidazole rings is 2. The second-order valence-electron chi connectivity index (χ2n) is 17.4. The van der Waals surface area contributed by atoms with Crippen LogP contribution in [0, 0.1) is 12.7 Å². The molecule has 3 heterocycles. The highest BCUT2D eigenvalue weighted by Crippen LogP contribution is 2.44.